The lowest BCUT2D eigenvalue weighted by Gasteiger charge is -2.21. The molecule has 0 atom stereocenters. The molecule has 2 N–H and O–H groups in total. The van der Waals surface area contributed by atoms with Crippen molar-refractivity contribution in [2.24, 2.45) is 0 Å². The summed E-state index contributed by atoms with van der Waals surface area (Å²) in [4.78, 5) is 31.8. The molecule has 0 saturated heterocycles. The van der Waals surface area contributed by atoms with E-state index in [1.165, 1.54) is 11.8 Å². The molecular weight excluding hydrogens is 809 g/mol. The number of nitrogens with one attached hydrogen (secondary N) is 2. The Morgan fingerprint density at radius 3 is 1.28 bits per heavy atom. The quantitative estimate of drug-likeness (QED) is 0.0850. The zero-order chi connectivity index (χ0) is 41.9. The van der Waals surface area contributed by atoms with Crippen LogP contribution in [0.3, 0.4) is 0 Å². The van der Waals surface area contributed by atoms with Crippen molar-refractivity contribution < 1.29 is 9.53 Å². The highest BCUT2D eigenvalue weighted by Crippen LogP contribution is 2.39. The molecule has 2 aliphatic rings. The van der Waals surface area contributed by atoms with Crippen LogP contribution in [0, 0.1) is 0 Å². The maximum absolute atomic E-state index is 13.4. The summed E-state index contributed by atoms with van der Waals surface area (Å²) in [7, 11) is 0. The molecule has 6 nitrogen and oxygen atoms in total. The molecule has 0 amide bonds. The molecule has 2 aliphatic heterocycles. The number of hydrogen-bond acceptors (Lipinski definition) is 7. The number of H-pyrrole nitrogens is 2. The van der Waals surface area contributed by atoms with Gasteiger partial charge in [-0.25, -0.2) is 9.97 Å². The molecule has 0 saturated carbocycles. The second kappa shape index (κ2) is 17.4. The number of aromatic amines is 2. The third kappa shape index (κ3) is 8.42. The molecule has 8 bridgehead atoms. The number of fused-ring (bicyclic) bond motifs is 8. The van der Waals surface area contributed by atoms with Crippen LogP contribution in [-0.2, 0) is 4.79 Å². The number of thiocarbonyl (C=S) groups is 1. The van der Waals surface area contributed by atoms with Crippen molar-refractivity contribution in [3.05, 3.63) is 162 Å². The number of carbonyl (C=O) groups is 1. The van der Waals surface area contributed by atoms with E-state index in [1.54, 1.807) is 11.8 Å². The molecule has 0 radical (unpaired) electrons. The van der Waals surface area contributed by atoms with Crippen LogP contribution in [0.2, 0.25) is 0 Å². The first-order chi connectivity index (χ1) is 29.8. The van der Waals surface area contributed by atoms with E-state index in [9.17, 15) is 4.79 Å². The Labute approximate surface area is 369 Å². The molecule has 0 unspecified atom stereocenters. The molecular formula is C52H42N4O2S3. The number of aromatic nitrogens is 4. The minimum absolute atomic E-state index is 0.350. The van der Waals surface area contributed by atoms with Gasteiger partial charge in [-0.1, -0.05) is 134 Å². The number of rotatable bonds is 9. The number of hydrogen-bond donors (Lipinski definition) is 2. The predicted molar refractivity (Wildman–Crippen MR) is 263 cm³/mol. The number of ether oxygens (including phenoxy) is 1. The van der Waals surface area contributed by atoms with E-state index in [0.29, 0.717) is 5.75 Å². The topological polar surface area (TPSA) is 83.7 Å². The maximum Gasteiger partial charge on any atom is 0.327 e. The van der Waals surface area contributed by atoms with Gasteiger partial charge in [0.1, 0.15) is 14.0 Å². The fraction of sp³-hybridized carbons (Fsp3) is 0.115. The number of nitrogens with zero attached hydrogens (tertiary/aromatic N) is 2. The van der Waals surface area contributed by atoms with Gasteiger partial charge in [-0.15, -0.1) is 11.8 Å². The van der Waals surface area contributed by atoms with Gasteiger partial charge in [0.15, 0.2) is 0 Å². The maximum atomic E-state index is 13.4. The summed E-state index contributed by atoms with van der Waals surface area (Å²) in [5, 5.41) is 0. The fourth-order valence-electron chi connectivity index (χ4n) is 7.62. The number of benzene rings is 4. The van der Waals surface area contributed by atoms with Crippen molar-refractivity contribution in [3.8, 4) is 50.3 Å². The molecule has 5 heterocycles. The van der Waals surface area contributed by atoms with Gasteiger partial charge in [-0.2, -0.15) is 0 Å². The Kier molecular flexibility index (Phi) is 11.4. The van der Waals surface area contributed by atoms with Crippen molar-refractivity contribution in [1.82, 2.24) is 19.9 Å². The summed E-state index contributed by atoms with van der Waals surface area (Å²) in [6.45, 7) is 5.82. The van der Waals surface area contributed by atoms with Crippen LogP contribution in [0.1, 0.15) is 50.0 Å². The Bertz CT molecular complexity index is 2970. The minimum Gasteiger partial charge on any atom is -0.426 e. The monoisotopic (exact) mass is 850 g/mol. The fourth-order valence-corrected chi connectivity index (χ4v) is 10.5. The Morgan fingerprint density at radius 1 is 0.557 bits per heavy atom. The second-order valence-corrected chi connectivity index (χ2v) is 19.1. The predicted octanol–water partition coefficient (Wildman–Crippen LogP) is 14.2. The molecule has 4 aromatic carbocycles. The normalized spacial score (nSPS) is 12.1. The summed E-state index contributed by atoms with van der Waals surface area (Å²) >= 11 is 8.52. The van der Waals surface area contributed by atoms with Crippen LogP contribution < -0.4 is 4.74 Å². The average molecular weight is 851 g/mol. The Morgan fingerprint density at radius 2 is 0.918 bits per heavy atom. The Balaban J connectivity index is 1.27. The van der Waals surface area contributed by atoms with Crippen molar-refractivity contribution in [2.45, 2.75) is 31.9 Å². The molecule has 300 valence electrons. The van der Waals surface area contributed by atoms with Gasteiger partial charge in [0.25, 0.3) is 0 Å². The highest BCUT2D eigenvalue weighted by atomic mass is 32.2. The van der Waals surface area contributed by atoms with Crippen molar-refractivity contribution in [2.75, 3.05) is 5.75 Å². The minimum atomic E-state index is -0.844. The second-order valence-electron chi connectivity index (χ2n) is 15.2. The largest absolute Gasteiger partial charge is 0.426 e. The average Bonchev–Trinajstić information content (AvgIpc) is 4.13. The summed E-state index contributed by atoms with van der Waals surface area (Å²) < 4.78 is 5.85. The van der Waals surface area contributed by atoms with E-state index in [1.807, 2.05) is 56.3 Å². The lowest BCUT2D eigenvalue weighted by molar-refractivity contribution is -0.136. The van der Waals surface area contributed by atoms with E-state index in [-0.39, 0.29) is 5.97 Å². The van der Waals surface area contributed by atoms with E-state index < -0.39 is 4.75 Å². The molecule has 0 fully saturated rings. The summed E-state index contributed by atoms with van der Waals surface area (Å²) in [6, 6.07) is 47.3. The molecule has 3 aromatic heterocycles. The molecule has 7 aromatic rings. The van der Waals surface area contributed by atoms with Gasteiger partial charge >= 0.3 is 5.97 Å². The molecule has 0 aliphatic carbocycles. The van der Waals surface area contributed by atoms with Gasteiger partial charge in [0.05, 0.1) is 22.8 Å². The summed E-state index contributed by atoms with van der Waals surface area (Å²) in [5.41, 5.74) is 15.0. The summed E-state index contributed by atoms with van der Waals surface area (Å²) in [5.74, 6) is 1.03. The highest BCUT2D eigenvalue weighted by Gasteiger charge is 2.32. The smallest absolute Gasteiger partial charge is 0.327 e. The zero-order valence-corrected chi connectivity index (χ0v) is 36.4. The van der Waals surface area contributed by atoms with Crippen molar-refractivity contribution in [1.29, 1.82) is 0 Å². The standard InChI is InChI=1S/C52H42N4O2S3/c1-4-32-60-51(59)61-52(2,3)50(57)58-37-22-20-36(21-23-37)49-44-30-28-42(55-44)47(34-16-10-6-11-17-34)40-26-24-38(53-40)46(33-14-8-5-9-15-33)39-25-27-41(54-39)48(35-18-12-7-13-19-35)43-29-31-45(49)56-43/h5-31,53,56H,4,32H2,1-3H3. The van der Waals surface area contributed by atoms with Gasteiger partial charge < -0.3 is 14.7 Å². The van der Waals surface area contributed by atoms with Crippen LogP contribution in [-0.4, -0.2) is 39.9 Å². The van der Waals surface area contributed by atoms with Crippen LogP contribution in [0.4, 0.5) is 0 Å². The van der Waals surface area contributed by atoms with Crippen LogP contribution in [0.15, 0.2) is 140 Å². The van der Waals surface area contributed by atoms with Gasteiger partial charge in [-0.3, -0.25) is 4.79 Å². The van der Waals surface area contributed by atoms with E-state index in [4.69, 9.17) is 26.9 Å². The van der Waals surface area contributed by atoms with Crippen molar-refractivity contribution >= 4 is 91.6 Å². The first-order valence-electron chi connectivity index (χ1n) is 20.3. The third-order valence-electron chi connectivity index (χ3n) is 10.5. The SMILES string of the molecule is CCCSC(=S)SC(C)(C)C(=O)Oc1ccc(-c2c3nc(c(-c4ccccc4)c4ccc([nH]4)c(-c4ccccc4)c4nc(c(-c5ccccc5)c5ccc2[nH]5)C=C4)C=C3)cc1. The molecule has 9 heteroatoms. The van der Waals surface area contributed by atoms with Crippen LogP contribution in [0.25, 0.3) is 90.9 Å². The van der Waals surface area contributed by atoms with Crippen LogP contribution >= 0.6 is 35.7 Å². The van der Waals surface area contributed by atoms with Crippen molar-refractivity contribution in [3.63, 3.8) is 0 Å². The van der Waals surface area contributed by atoms with Gasteiger partial charge in [0, 0.05) is 44.3 Å². The number of esters is 1. The lowest BCUT2D eigenvalue weighted by Crippen LogP contribution is -2.33. The number of carbonyl (C=O) groups excluding carboxylic acids is 1. The van der Waals surface area contributed by atoms with E-state index in [2.05, 4.69) is 138 Å². The highest BCUT2D eigenvalue weighted by molar-refractivity contribution is 8.47. The van der Waals surface area contributed by atoms with E-state index in [0.717, 1.165) is 105 Å². The number of thioether (sulfide) groups is 2. The van der Waals surface area contributed by atoms with E-state index >= 15 is 0 Å². The lowest BCUT2D eigenvalue weighted by atomic mass is 10.0. The molecule has 61 heavy (non-hydrogen) atoms. The molecule has 0 spiro atoms. The zero-order valence-electron chi connectivity index (χ0n) is 33.9. The first-order valence-corrected chi connectivity index (χ1v) is 22.5. The van der Waals surface area contributed by atoms with Gasteiger partial charge in [-0.05, 0) is 109 Å². The summed E-state index contributed by atoms with van der Waals surface area (Å²) in [6.07, 6.45) is 9.41. The Hall–Kier alpha value is -6.26. The van der Waals surface area contributed by atoms with Crippen LogP contribution in [0.5, 0.6) is 5.75 Å². The first kappa shape index (κ1) is 40.2. The van der Waals surface area contributed by atoms with Gasteiger partial charge in [0.2, 0.25) is 0 Å². The molecule has 9 rings (SSSR count). The third-order valence-corrected chi connectivity index (χ3v) is 13.4.